The number of hydrazone groups is 1. The Labute approximate surface area is 203 Å². The van der Waals surface area contributed by atoms with Crippen LogP contribution >= 0.6 is 0 Å². The minimum absolute atomic E-state index is 0.306. The lowest BCUT2D eigenvalue weighted by molar-refractivity contribution is -0.134. The van der Waals surface area contributed by atoms with E-state index in [4.69, 9.17) is 9.47 Å². The maximum Gasteiger partial charge on any atom is 0.332 e. The molecule has 9 heteroatoms. The van der Waals surface area contributed by atoms with E-state index in [1.165, 1.54) is 13.2 Å². The van der Waals surface area contributed by atoms with Crippen LogP contribution in [0.15, 0.2) is 35.5 Å². The van der Waals surface area contributed by atoms with E-state index in [1.807, 2.05) is 23.0 Å². The monoisotopic (exact) mass is 485 g/mol. The molecule has 1 aliphatic rings. The predicted octanol–water partition coefficient (Wildman–Crippen LogP) is 4.84. The summed E-state index contributed by atoms with van der Waals surface area (Å²) >= 11 is 0. The summed E-state index contributed by atoms with van der Waals surface area (Å²) in [6, 6.07) is 3.17. The number of esters is 1. The Hall–Kier alpha value is -2.52. The molecule has 0 amide bonds. The van der Waals surface area contributed by atoms with Crippen molar-refractivity contribution >= 4 is 31.3 Å². The van der Waals surface area contributed by atoms with Gasteiger partial charge in [0.2, 0.25) is 0 Å². The van der Waals surface area contributed by atoms with Crippen LogP contribution in [0.4, 0.5) is 0 Å². The molecule has 1 saturated carbocycles. The average molecular weight is 486 g/mol. The zero-order valence-electron chi connectivity index (χ0n) is 21.4. The lowest BCUT2D eigenvalue weighted by atomic mass is 9.89. The molecule has 2 heterocycles. The first kappa shape index (κ1) is 26.1. The topological polar surface area (TPSA) is 90.6 Å². The van der Waals surface area contributed by atoms with Crippen LogP contribution in [0.5, 0.6) is 0 Å². The fourth-order valence-corrected chi connectivity index (χ4v) is 4.91. The largest absolute Gasteiger partial charge is 0.466 e. The molecule has 0 unspecified atom stereocenters. The highest BCUT2D eigenvalue weighted by Gasteiger charge is 2.25. The molecule has 34 heavy (non-hydrogen) atoms. The number of carbonyl (C=O) groups is 1. The molecule has 1 N–H and O–H groups in total. The number of nitrogens with zero attached hydrogens (tertiary/aromatic N) is 4. The van der Waals surface area contributed by atoms with E-state index in [9.17, 15) is 4.79 Å². The lowest BCUT2D eigenvalue weighted by Gasteiger charge is -2.20. The van der Waals surface area contributed by atoms with Crippen LogP contribution in [0, 0.1) is 5.92 Å². The summed E-state index contributed by atoms with van der Waals surface area (Å²) in [6.45, 7) is 12.4. The molecule has 0 bridgehead atoms. The minimum Gasteiger partial charge on any atom is -0.466 e. The highest BCUT2D eigenvalue weighted by Crippen LogP contribution is 2.30. The van der Waals surface area contributed by atoms with Crippen molar-refractivity contribution in [3.8, 4) is 0 Å². The van der Waals surface area contributed by atoms with Crippen LogP contribution in [0.1, 0.15) is 45.2 Å². The molecule has 0 aliphatic heterocycles. The number of carbonyl (C=O) groups excluding carboxylic acids is 1. The lowest BCUT2D eigenvalue weighted by Crippen LogP contribution is -2.24. The van der Waals surface area contributed by atoms with Crippen molar-refractivity contribution in [1.29, 1.82) is 0 Å². The van der Waals surface area contributed by atoms with Gasteiger partial charge in [0.1, 0.15) is 18.7 Å². The maximum atomic E-state index is 11.8. The first-order valence-electron chi connectivity index (χ1n) is 12.1. The van der Waals surface area contributed by atoms with Gasteiger partial charge in [-0.3, -0.25) is 5.43 Å². The van der Waals surface area contributed by atoms with Crippen molar-refractivity contribution in [2.45, 2.75) is 77.4 Å². The van der Waals surface area contributed by atoms with E-state index in [0.717, 1.165) is 60.8 Å². The van der Waals surface area contributed by atoms with Gasteiger partial charge in [0, 0.05) is 55.6 Å². The highest BCUT2D eigenvalue weighted by molar-refractivity contribution is 6.76. The summed E-state index contributed by atoms with van der Waals surface area (Å²) in [6.07, 6.45) is 11.4. The van der Waals surface area contributed by atoms with Gasteiger partial charge in [-0.05, 0) is 38.8 Å². The molecule has 8 nitrogen and oxygen atoms in total. The molecule has 3 rings (SSSR count). The second kappa shape index (κ2) is 11.3. The van der Waals surface area contributed by atoms with Crippen molar-refractivity contribution in [2.75, 3.05) is 13.7 Å². The molecular formula is C25H39N5O3Si. The maximum absolute atomic E-state index is 11.8. The zero-order valence-corrected chi connectivity index (χ0v) is 22.4. The van der Waals surface area contributed by atoms with Gasteiger partial charge in [0.25, 0.3) is 0 Å². The zero-order chi connectivity index (χ0) is 24.8. The van der Waals surface area contributed by atoms with Gasteiger partial charge in [-0.15, -0.1) is 0 Å². The Morgan fingerprint density at radius 2 is 2.03 bits per heavy atom. The van der Waals surface area contributed by atoms with Crippen molar-refractivity contribution in [1.82, 2.24) is 20.0 Å². The summed E-state index contributed by atoms with van der Waals surface area (Å²) in [5.74, 6) is -0.0603. The first-order valence-corrected chi connectivity index (χ1v) is 15.8. The van der Waals surface area contributed by atoms with Crippen LogP contribution < -0.4 is 5.43 Å². The number of methoxy groups -OCH3 is 1. The summed E-state index contributed by atoms with van der Waals surface area (Å²) < 4.78 is 12.8. The number of fused-ring (bicyclic) bond motifs is 1. The van der Waals surface area contributed by atoms with Crippen molar-refractivity contribution in [3.05, 3.63) is 36.1 Å². The Balaban J connectivity index is 1.73. The third kappa shape index (κ3) is 6.99. The Kier molecular flexibility index (Phi) is 8.65. The van der Waals surface area contributed by atoms with E-state index in [-0.39, 0.29) is 5.97 Å². The fourth-order valence-electron chi connectivity index (χ4n) is 4.16. The number of allylic oxidation sites excluding steroid dienone is 1. The molecule has 0 atom stereocenters. The SMILES string of the molecule is COC(=O)/C=C(/N/N=C\C(C)(C)c1ncnc2c1ccn2COCC[Si](C)(C)C)C1CCCC1. The van der Waals surface area contributed by atoms with E-state index in [0.29, 0.717) is 12.6 Å². The number of nitrogens with one attached hydrogen (secondary N) is 1. The van der Waals surface area contributed by atoms with E-state index >= 15 is 0 Å². The number of aromatic nitrogens is 3. The molecular weight excluding hydrogens is 446 g/mol. The van der Waals surface area contributed by atoms with Crippen LogP contribution in [-0.4, -0.2) is 48.5 Å². The number of rotatable bonds is 11. The van der Waals surface area contributed by atoms with Crippen LogP contribution in [0.2, 0.25) is 25.7 Å². The molecule has 0 aromatic carbocycles. The Morgan fingerprint density at radius 3 is 2.71 bits per heavy atom. The average Bonchev–Trinajstić information content (AvgIpc) is 3.45. The second-order valence-corrected chi connectivity index (χ2v) is 16.4. The van der Waals surface area contributed by atoms with Gasteiger partial charge < -0.3 is 14.0 Å². The quantitative estimate of drug-likeness (QED) is 0.122. The summed E-state index contributed by atoms with van der Waals surface area (Å²) in [5.41, 5.74) is 5.22. The minimum atomic E-state index is -1.12. The van der Waals surface area contributed by atoms with Crippen LogP contribution in [0.3, 0.4) is 0 Å². The molecule has 0 spiro atoms. The third-order valence-electron chi connectivity index (χ3n) is 6.24. The van der Waals surface area contributed by atoms with Gasteiger partial charge in [-0.25, -0.2) is 14.8 Å². The first-order chi connectivity index (χ1) is 16.1. The number of ether oxygens (including phenoxy) is 2. The molecule has 0 saturated heterocycles. The van der Waals surface area contributed by atoms with Gasteiger partial charge in [0.05, 0.1) is 12.8 Å². The van der Waals surface area contributed by atoms with Crippen LogP contribution in [-0.2, 0) is 26.4 Å². The van der Waals surface area contributed by atoms with Gasteiger partial charge in [-0.2, -0.15) is 5.10 Å². The summed E-state index contributed by atoms with van der Waals surface area (Å²) in [5, 5.41) is 5.49. The third-order valence-corrected chi connectivity index (χ3v) is 7.95. The second-order valence-electron chi connectivity index (χ2n) is 10.8. The van der Waals surface area contributed by atoms with Crippen molar-refractivity contribution < 1.29 is 14.3 Å². The molecule has 0 radical (unpaired) electrons. The molecule has 186 valence electrons. The number of hydrogen-bond acceptors (Lipinski definition) is 7. The van der Waals surface area contributed by atoms with Crippen LogP contribution in [0.25, 0.3) is 11.0 Å². The predicted molar refractivity (Wildman–Crippen MR) is 138 cm³/mol. The normalized spacial score (nSPS) is 16.0. The smallest absolute Gasteiger partial charge is 0.332 e. The molecule has 2 aromatic rings. The summed E-state index contributed by atoms with van der Waals surface area (Å²) in [4.78, 5) is 20.9. The van der Waals surface area contributed by atoms with E-state index in [2.05, 4.69) is 54.0 Å². The molecule has 1 fully saturated rings. The highest BCUT2D eigenvalue weighted by atomic mass is 28.3. The van der Waals surface area contributed by atoms with Gasteiger partial charge in [-0.1, -0.05) is 32.5 Å². The van der Waals surface area contributed by atoms with Gasteiger partial charge >= 0.3 is 5.97 Å². The van der Waals surface area contributed by atoms with Crippen molar-refractivity contribution in [2.24, 2.45) is 11.0 Å². The fraction of sp³-hybridized carbons (Fsp3) is 0.600. The Bertz CT molecular complexity index is 1030. The molecule has 1 aliphatic carbocycles. The van der Waals surface area contributed by atoms with Crippen molar-refractivity contribution in [3.63, 3.8) is 0 Å². The van der Waals surface area contributed by atoms with E-state index in [1.54, 1.807) is 6.33 Å². The van der Waals surface area contributed by atoms with Gasteiger partial charge in [0.15, 0.2) is 0 Å². The Morgan fingerprint density at radius 1 is 1.29 bits per heavy atom. The number of hydrogen-bond donors (Lipinski definition) is 1. The summed E-state index contributed by atoms with van der Waals surface area (Å²) in [7, 11) is 0.272. The van der Waals surface area contributed by atoms with E-state index < -0.39 is 13.5 Å². The standard InChI is InChI=1S/C25H39N5O3Si/c1-25(2,16-28-29-21(15-22(31)32-3)19-9-7-8-10-19)23-20-11-12-30(24(20)27-17-26-23)18-33-13-14-34(4,5)6/h11-12,15-17,19,29H,7-10,13-14,18H2,1-6H3/b21-15+,28-16-. The molecule has 2 aromatic heterocycles.